The van der Waals surface area contributed by atoms with Crippen LogP contribution in [0.15, 0.2) is 40.9 Å². The second kappa shape index (κ2) is 12.7. The molecule has 1 aliphatic rings. The highest BCUT2D eigenvalue weighted by Gasteiger charge is 2.43. The zero-order valence-electron chi connectivity index (χ0n) is 20.5. The molecule has 0 amide bonds. The van der Waals surface area contributed by atoms with Crippen molar-refractivity contribution in [1.82, 2.24) is 0 Å². The number of halogens is 1. The number of rotatable bonds is 15. The van der Waals surface area contributed by atoms with Crippen molar-refractivity contribution < 1.29 is 4.92 Å². The summed E-state index contributed by atoms with van der Waals surface area (Å²) in [5, 5.41) is 11.7. The summed E-state index contributed by atoms with van der Waals surface area (Å²) in [7, 11) is 0. The zero-order chi connectivity index (χ0) is 23.7. The van der Waals surface area contributed by atoms with E-state index in [0.717, 1.165) is 17.3 Å². The average Bonchev–Trinajstić information content (AvgIpc) is 3.07. The van der Waals surface area contributed by atoms with E-state index in [1.54, 1.807) is 6.07 Å². The lowest BCUT2D eigenvalue weighted by molar-refractivity contribution is -0.384. The van der Waals surface area contributed by atoms with E-state index in [4.69, 9.17) is 0 Å². The molecule has 0 saturated heterocycles. The summed E-state index contributed by atoms with van der Waals surface area (Å²) in [4.78, 5) is 11.4. The van der Waals surface area contributed by atoms with Crippen molar-refractivity contribution in [1.29, 1.82) is 0 Å². The van der Waals surface area contributed by atoms with Gasteiger partial charge in [-0.2, -0.15) is 0 Å². The van der Waals surface area contributed by atoms with Crippen LogP contribution in [0.5, 0.6) is 0 Å². The Morgan fingerprint density at radius 2 is 1.21 bits per heavy atom. The molecule has 0 heterocycles. The maximum Gasteiger partial charge on any atom is 0.269 e. The van der Waals surface area contributed by atoms with Crippen molar-refractivity contribution in [3.63, 3.8) is 0 Å². The van der Waals surface area contributed by atoms with Gasteiger partial charge in [0.05, 0.1) is 4.92 Å². The van der Waals surface area contributed by atoms with Crippen molar-refractivity contribution in [2.45, 2.75) is 109 Å². The standard InChI is InChI=1S/C29H40BrNO2/c1-3-5-7-9-11-13-19-29(20-14-12-10-8-6-4-2)27-21-23(30)15-17-25(27)26-18-16-24(31(32)33)22-28(26)29/h15-18,21-22H,3-14,19-20H2,1-2H3. The van der Waals surface area contributed by atoms with E-state index in [1.807, 2.05) is 12.1 Å². The molecule has 180 valence electrons. The molecule has 0 radical (unpaired) electrons. The van der Waals surface area contributed by atoms with Gasteiger partial charge < -0.3 is 0 Å². The van der Waals surface area contributed by atoms with Gasteiger partial charge in [-0.3, -0.25) is 10.1 Å². The predicted molar refractivity (Wildman–Crippen MR) is 143 cm³/mol. The van der Waals surface area contributed by atoms with Gasteiger partial charge in [0, 0.05) is 22.0 Å². The van der Waals surface area contributed by atoms with E-state index in [9.17, 15) is 10.1 Å². The average molecular weight is 515 g/mol. The second-order valence-electron chi connectivity index (χ2n) is 9.79. The maximum absolute atomic E-state index is 11.7. The molecule has 3 rings (SSSR count). The number of nitrogens with zero attached hydrogens (tertiary/aromatic N) is 1. The lowest BCUT2D eigenvalue weighted by Gasteiger charge is -2.33. The Morgan fingerprint density at radius 1 is 0.727 bits per heavy atom. The first-order valence-corrected chi connectivity index (χ1v) is 13.9. The molecule has 3 nitrogen and oxygen atoms in total. The first-order valence-electron chi connectivity index (χ1n) is 13.1. The molecule has 0 atom stereocenters. The van der Waals surface area contributed by atoms with Crippen LogP contribution in [-0.4, -0.2) is 4.92 Å². The van der Waals surface area contributed by atoms with Crippen molar-refractivity contribution >= 4 is 21.6 Å². The second-order valence-corrected chi connectivity index (χ2v) is 10.7. The van der Waals surface area contributed by atoms with Crippen molar-refractivity contribution in [2.75, 3.05) is 0 Å². The fourth-order valence-corrected chi connectivity index (χ4v) is 6.01. The SMILES string of the molecule is CCCCCCCCC1(CCCCCCCC)c2cc(Br)ccc2-c2ccc([N+](=O)[O-])cc21. The summed E-state index contributed by atoms with van der Waals surface area (Å²) in [5.41, 5.74) is 5.12. The van der Waals surface area contributed by atoms with Gasteiger partial charge in [-0.25, -0.2) is 0 Å². The van der Waals surface area contributed by atoms with Crippen molar-refractivity contribution in [2.24, 2.45) is 0 Å². The molecular weight excluding hydrogens is 474 g/mol. The Hall–Kier alpha value is -1.68. The third kappa shape index (κ3) is 6.26. The molecule has 2 aromatic rings. The van der Waals surface area contributed by atoms with Gasteiger partial charge in [0.1, 0.15) is 0 Å². The lowest BCUT2D eigenvalue weighted by atomic mass is 9.70. The van der Waals surface area contributed by atoms with Crippen LogP contribution in [0, 0.1) is 10.1 Å². The topological polar surface area (TPSA) is 43.1 Å². The van der Waals surface area contributed by atoms with Crippen LogP contribution >= 0.6 is 15.9 Å². The third-order valence-electron chi connectivity index (χ3n) is 7.43. The highest BCUT2D eigenvalue weighted by atomic mass is 79.9. The molecule has 1 aliphatic carbocycles. The minimum absolute atomic E-state index is 0.115. The number of fused-ring (bicyclic) bond motifs is 3. The molecule has 0 aliphatic heterocycles. The summed E-state index contributed by atoms with van der Waals surface area (Å²) < 4.78 is 1.10. The summed E-state index contributed by atoms with van der Waals surface area (Å²) in [6, 6.07) is 12.2. The number of nitro groups is 1. The van der Waals surface area contributed by atoms with Gasteiger partial charge in [-0.1, -0.05) is 113 Å². The van der Waals surface area contributed by atoms with Crippen LogP contribution in [0.4, 0.5) is 5.69 Å². The molecule has 33 heavy (non-hydrogen) atoms. The van der Waals surface area contributed by atoms with Crippen LogP contribution in [0.2, 0.25) is 0 Å². The number of hydrogen-bond acceptors (Lipinski definition) is 2. The highest BCUT2D eigenvalue weighted by molar-refractivity contribution is 9.10. The van der Waals surface area contributed by atoms with Gasteiger partial charge in [-0.15, -0.1) is 0 Å². The van der Waals surface area contributed by atoms with E-state index in [0.29, 0.717) is 0 Å². The normalized spacial score (nSPS) is 13.7. The number of unbranched alkanes of at least 4 members (excludes halogenated alkanes) is 10. The Labute approximate surface area is 208 Å². The van der Waals surface area contributed by atoms with Crippen molar-refractivity contribution in [3.05, 3.63) is 62.1 Å². The van der Waals surface area contributed by atoms with E-state index >= 15 is 0 Å². The lowest BCUT2D eigenvalue weighted by Crippen LogP contribution is -2.25. The number of nitro benzene ring substituents is 1. The van der Waals surface area contributed by atoms with Crippen LogP contribution in [0.1, 0.15) is 115 Å². The quantitative estimate of drug-likeness (QED) is 0.135. The Bertz CT molecular complexity index is 908. The summed E-state index contributed by atoms with van der Waals surface area (Å²) in [6.45, 7) is 4.51. The molecule has 0 fully saturated rings. The van der Waals surface area contributed by atoms with Crippen molar-refractivity contribution in [3.8, 4) is 11.1 Å². The fraction of sp³-hybridized carbons (Fsp3) is 0.586. The van der Waals surface area contributed by atoms with Gasteiger partial charge >= 0.3 is 0 Å². The molecule has 0 aromatic heterocycles. The summed E-state index contributed by atoms with van der Waals surface area (Å²) in [5.74, 6) is 0. The first kappa shape index (κ1) is 25.9. The van der Waals surface area contributed by atoms with Gasteiger partial charge in [0.15, 0.2) is 0 Å². The van der Waals surface area contributed by atoms with Gasteiger partial charge in [0.25, 0.3) is 5.69 Å². The third-order valence-corrected chi connectivity index (χ3v) is 7.92. The van der Waals surface area contributed by atoms with Crippen LogP contribution < -0.4 is 0 Å². The zero-order valence-corrected chi connectivity index (χ0v) is 22.1. The maximum atomic E-state index is 11.7. The molecule has 0 N–H and O–H groups in total. The van der Waals surface area contributed by atoms with E-state index in [1.165, 1.54) is 99.3 Å². The number of benzene rings is 2. The largest absolute Gasteiger partial charge is 0.269 e. The van der Waals surface area contributed by atoms with E-state index in [-0.39, 0.29) is 16.0 Å². The van der Waals surface area contributed by atoms with Gasteiger partial charge in [-0.05, 0) is 53.3 Å². The van der Waals surface area contributed by atoms with Crippen LogP contribution in [0.3, 0.4) is 0 Å². The Kier molecular flexibility index (Phi) is 9.97. The van der Waals surface area contributed by atoms with Crippen LogP contribution in [-0.2, 0) is 5.41 Å². The summed E-state index contributed by atoms with van der Waals surface area (Å²) in [6.07, 6.45) is 17.3. The fourth-order valence-electron chi connectivity index (χ4n) is 5.65. The minimum Gasteiger partial charge on any atom is -0.258 e. The molecule has 0 bridgehead atoms. The Balaban J connectivity index is 1.92. The molecular formula is C29H40BrNO2. The van der Waals surface area contributed by atoms with E-state index < -0.39 is 0 Å². The predicted octanol–water partition coefficient (Wildman–Crippen LogP) is 10.1. The number of hydrogen-bond donors (Lipinski definition) is 0. The molecule has 0 spiro atoms. The first-order chi connectivity index (χ1) is 16.0. The smallest absolute Gasteiger partial charge is 0.258 e. The van der Waals surface area contributed by atoms with Gasteiger partial charge in [0.2, 0.25) is 0 Å². The monoisotopic (exact) mass is 513 g/mol. The molecule has 2 aromatic carbocycles. The van der Waals surface area contributed by atoms with Crippen LogP contribution in [0.25, 0.3) is 11.1 Å². The Morgan fingerprint density at radius 3 is 1.76 bits per heavy atom. The highest BCUT2D eigenvalue weighted by Crippen LogP contribution is 2.55. The summed E-state index contributed by atoms with van der Waals surface area (Å²) >= 11 is 3.71. The van der Waals surface area contributed by atoms with E-state index in [2.05, 4.69) is 48.0 Å². The molecule has 0 unspecified atom stereocenters. The number of non-ortho nitro benzene ring substituents is 1. The minimum atomic E-state index is -0.237. The molecule has 0 saturated carbocycles. The molecule has 4 heteroatoms.